The molecule has 1 aromatic heterocycles. The van der Waals surface area contributed by atoms with E-state index >= 15 is 0 Å². The fourth-order valence-electron chi connectivity index (χ4n) is 0.937. The van der Waals surface area contributed by atoms with E-state index in [4.69, 9.17) is 5.73 Å². The maximum absolute atomic E-state index is 11.4. The van der Waals surface area contributed by atoms with Gasteiger partial charge in [-0.15, -0.1) is 0 Å². The van der Waals surface area contributed by atoms with Gasteiger partial charge in [-0.05, 0) is 6.42 Å². The van der Waals surface area contributed by atoms with Crippen LogP contribution in [0, 0.1) is 0 Å². The van der Waals surface area contributed by atoms with Gasteiger partial charge in [-0.25, -0.2) is 18.1 Å². The Morgan fingerprint density at radius 1 is 1.60 bits per heavy atom. The first-order chi connectivity index (χ1) is 7.02. The summed E-state index contributed by atoms with van der Waals surface area (Å²) in [6.45, 7) is 0.171. The monoisotopic (exact) mass is 232 g/mol. The van der Waals surface area contributed by atoms with Crippen molar-refractivity contribution in [2.75, 3.05) is 6.54 Å². The molecule has 1 heterocycles. The van der Waals surface area contributed by atoms with Crippen molar-refractivity contribution in [2.45, 2.75) is 17.9 Å². The molecule has 0 saturated carbocycles. The van der Waals surface area contributed by atoms with Gasteiger partial charge in [0.15, 0.2) is 5.03 Å². The number of hydrogen-bond acceptors (Lipinski definition) is 4. The first kappa shape index (κ1) is 11.7. The first-order valence-corrected chi connectivity index (χ1v) is 5.77. The van der Waals surface area contributed by atoms with Gasteiger partial charge in [-0.2, -0.15) is 0 Å². The quantitative estimate of drug-likeness (QED) is 0.542. The van der Waals surface area contributed by atoms with Crippen LogP contribution in [-0.4, -0.2) is 30.8 Å². The molecule has 0 bridgehead atoms. The van der Waals surface area contributed by atoms with Gasteiger partial charge >= 0.3 is 0 Å². The number of amides is 1. The van der Waals surface area contributed by atoms with Gasteiger partial charge in [0.2, 0.25) is 5.91 Å². The number of hydrogen-bond donors (Lipinski definition) is 3. The number of H-pyrrole nitrogens is 1. The van der Waals surface area contributed by atoms with Gasteiger partial charge in [0.25, 0.3) is 10.0 Å². The number of imidazole rings is 1. The predicted octanol–water partition coefficient (Wildman–Crippen LogP) is -1.05. The lowest BCUT2D eigenvalue weighted by molar-refractivity contribution is -0.118. The minimum atomic E-state index is -3.54. The third-order valence-electron chi connectivity index (χ3n) is 1.65. The fraction of sp³-hybridized carbons (Fsp3) is 0.429. The van der Waals surface area contributed by atoms with Crippen molar-refractivity contribution in [1.82, 2.24) is 14.7 Å². The van der Waals surface area contributed by atoms with E-state index in [0.717, 1.165) is 0 Å². The number of nitrogens with two attached hydrogens (primary N) is 1. The lowest BCUT2D eigenvalue weighted by Crippen LogP contribution is -2.26. The second-order valence-corrected chi connectivity index (χ2v) is 4.62. The van der Waals surface area contributed by atoms with Gasteiger partial charge in [-0.1, -0.05) is 0 Å². The molecule has 15 heavy (non-hydrogen) atoms. The largest absolute Gasteiger partial charge is 0.370 e. The summed E-state index contributed by atoms with van der Waals surface area (Å²) in [6.07, 6.45) is 3.02. The molecule has 1 aromatic rings. The van der Waals surface area contributed by atoms with E-state index in [9.17, 15) is 13.2 Å². The summed E-state index contributed by atoms with van der Waals surface area (Å²) < 4.78 is 25.2. The summed E-state index contributed by atoms with van der Waals surface area (Å²) in [5.41, 5.74) is 4.90. The predicted molar refractivity (Wildman–Crippen MR) is 52.2 cm³/mol. The number of aromatic nitrogens is 2. The Balaban J connectivity index is 2.42. The van der Waals surface area contributed by atoms with E-state index in [-0.39, 0.29) is 18.0 Å². The molecular formula is C7H12N4O3S. The second-order valence-electron chi connectivity index (χ2n) is 2.88. The molecule has 4 N–H and O–H groups in total. The highest BCUT2D eigenvalue weighted by molar-refractivity contribution is 7.89. The van der Waals surface area contributed by atoms with E-state index in [2.05, 4.69) is 14.7 Å². The third-order valence-corrected chi connectivity index (χ3v) is 3.04. The van der Waals surface area contributed by atoms with Crippen LogP contribution in [0.15, 0.2) is 17.6 Å². The van der Waals surface area contributed by atoms with Crippen molar-refractivity contribution >= 4 is 15.9 Å². The number of primary amides is 1. The van der Waals surface area contributed by atoms with E-state index in [1.165, 1.54) is 12.5 Å². The van der Waals surface area contributed by atoms with Crippen molar-refractivity contribution in [3.05, 3.63) is 12.5 Å². The molecule has 0 aliphatic rings. The molecule has 0 aliphatic heterocycles. The summed E-state index contributed by atoms with van der Waals surface area (Å²) in [4.78, 5) is 16.5. The zero-order valence-electron chi connectivity index (χ0n) is 7.93. The van der Waals surface area contributed by atoms with Crippen LogP contribution in [0.5, 0.6) is 0 Å². The smallest absolute Gasteiger partial charge is 0.257 e. The minimum Gasteiger partial charge on any atom is -0.370 e. The molecular weight excluding hydrogens is 220 g/mol. The van der Waals surface area contributed by atoms with Crippen molar-refractivity contribution in [1.29, 1.82) is 0 Å². The lowest BCUT2D eigenvalue weighted by atomic mass is 10.3. The Morgan fingerprint density at radius 3 is 2.87 bits per heavy atom. The van der Waals surface area contributed by atoms with Crippen molar-refractivity contribution < 1.29 is 13.2 Å². The molecule has 0 spiro atoms. The molecule has 0 fully saturated rings. The Morgan fingerprint density at radius 2 is 2.33 bits per heavy atom. The first-order valence-electron chi connectivity index (χ1n) is 4.29. The van der Waals surface area contributed by atoms with Crippen LogP contribution in [0.3, 0.4) is 0 Å². The molecule has 7 nitrogen and oxygen atoms in total. The highest BCUT2D eigenvalue weighted by Gasteiger charge is 2.14. The summed E-state index contributed by atoms with van der Waals surface area (Å²) >= 11 is 0. The van der Waals surface area contributed by atoms with Crippen molar-refractivity contribution in [3.63, 3.8) is 0 Å². The van der Waals surface area contributed by atoms with Gasteiger partial charge < -0.3 is 10.7 Å². The Bertz CT molecular complexity index is 411. The van der Waals surface area contributed by atoms with E-state index in [1.807, 2.05) is 0 Å². The SMILES string of the molecule is NC(=O)CCCNS(=O)(=O)c1cnc[nH]1. The number of aromatic amines is 1. The Labute approximate surface area is 87.1 Å². The molecule has 8 heteroatoms. The molecule has 1 amide bonds. The van der Waals surface area contributed by atoms with Gasteiger partial charge in [0.05, 0.1) is 12.5 Å². The summed E-state index contributed by atoms with van der Waals surface area (Å²) in [7, 11) is -3.54. The van der Waals surface area contributed by atoms with Gasteiger partial charge in [0, 0.05) is 13.0 Å². The summed E-state index contributed by atoms with van der Waals surface area (Å²) in [5, 5.41) is 0.00146. The summed E-state index contributed by atoms with van der Waals surface area (Å²) in [5.74, 6) is -0.448. The van der Waals surface area contributed by atoms with Crippen LogP contribution in [0.2, 0.25) is 0 Å². The fourth-order valence-corrected chi connectivity index (χ4v) is 1.91. The average Bonchev–Trinajstić information content (AvgIpc) is 2.65. The molecule has 0 unspecified atom stereocenters. The van der Waals surface area contributed by atoms with Crippen LogP contribution in [0.25, 0.3) is 0 Å². The zero-order chi connectivity index (χ0) is 11.3. The number of carbonyl (C=O) groups is 1. The third kappa shape index (κ3) is 3.68. The highest BCUT2D eigenvalue weighted by atomic mass is 32.2. The van der Waals surface area contributed by atoms with Crippen molar-refractivity contribution in [3.8, 4) is 0 Å². The molecule has 1 rings (SSSR count). The lowest BCUT2D eigenvalue weighted by Gasteiger charge is -2.02. The normalized spacial score (nSPS) is 11.5. The highest BCUT2D eigenvalue weighted by Crippen LogP contribution is 2.01. The van der Waals surface area contributed by atoms with Crippen LogP contribution >= 0.6 is 0 Å². The number of rotatable bonds is 6. The van der Waals surface area contributed by atoms with E-state index in [0.29, 0.717) is 6.42 Å². The topological polar surface area (TPSA) is 118 Å². The standard InChI is InChI=1S/C7H12N4O3S/c8-6(12)2-1-3-11-15(13,14)7-4-9-5-10-7/h4-5,11H,1-3H2,(H2,8,12)(H,9,10). The van der Waals surface area contributed by atoms with E-state index in [1.54, 1.807) is 0 Å². The zero-order valence-corrected chi connectivity index (χ0v) is 8.75. The Kier molecular flexibility index (Phi) is 3.81. The van der Waals surface area contributed by atoms with Crippen LogP contribution in [-0.2, 0) is 14.8 Å². The number of nitrogens with one attached hydrogen (secondary N) is 2. The number of nitrogens with zero attached hydrogens (tertiary/aromatic N) is 1. The van der Waals surface area contributed by atoms with E-state index < -0.39 is 15.9 Å². The second kappa shape index (κ2) is 4.89. The van der Waals surface area contributed by atoms with Crippen LogP contribution in [0.4, 0.5) is 0 Å². The molecule has 0 aliphatic carbocycles. The maximum Gasteiger partial charge on any atom is 0.257 e. The van der Waals surface area contributed by atoms with Crippen molar-refractivity contribution in [2.24, 2.45) is 5.73 Å². The molecule has 0 aromatic carbocycles. The number of carbonyl (C=O) groups excluding carboxylic acids is 1. The number of sulfonamides is 1. The molecule has 84 valence electrons. The maximum atomic E-state index is 11.4. The minimum absolute atomic E-state index is 0.00146. The van der Waals surface area contributed by atoms with Crippen LogP contribution in [0.1, 0.15) is 12.8 Å². The van der Waals surface area contributed by atoms with Gasteiger partial charge in [-0.3, -0.25) is 4.79 Å². The van der Waals surface area contributed by atoms with Crippen LogP contribution < -0.4 is 10.5 Å². The molecule has 0 radical (unpaired) electrons. The molecule has 0 saturated heterocycles. The molecule has 0 atom stereocenters. The summed E-state index contributed by atoms with van der Waals surface area (Å²) in [6, 6.07) is 0. The average molecular weight is 232 g/mol. The van der Waals surface area contributed by atoms with Gasteiger partial charge in [0.1, 0.15) is 0 Å². The Hall–Kier alpha value is -1.41.